The number of hydrazone groups is 1. The van der Waals surface area contributed by atoms with Crippen LogP contribution in [0, 0.1) is 13.8 Å². The third-order valence-corrected chi connectivity index (χ3v) is 3.59. The molecule has 6 heteroatoms. The van der Waals surface area contributed by atoms with Gasteiger partial charge in [0, 0.05) is 16.3 Å². The molecular formula is C15H16ClN5. The minimum Gasteiger partial charge on any atom is -0.245 e. The smallest absolute Gasteiger partial charge is 0.240 e. The Hall–Kier alpha value is -2.14. The second-order valence-electron chi connectivity index (χ2n) is 5.08. The van der Waals surface area contributed by atoms with E-state index in [2.05, 4.69) is 20.6 Å². The summed E-state index contributed by atoms with van der Waals surface area (Å²) in [5, 5.41) is 9.58. The van der Waals surface area contributed by atoms with E-state index in [4.69, 9.17) is 11.6 Å². The van der Waals surface area contributed by atoms with Gasteiger partial charge in [0.05, 0.1) is 17.4 Å². The number of rotatable bonds is 1. The largest absolute Gasteiger partial charge is 0.245 e. The number of aromatic nitrogens is 2. The van der Waals surface area contributed by atoms with E-state index >= 15 is 0 Å². The summed E-state index contributed by atoms with van der Waals surface area (Å²) in [6.07, 6.45) is 0. The standard InChI is InChI=1S/C15H16ClN5/c1-9-8-10(2)21(20-9)15-17-11(3)14(18-19-15)12-4-6-13(16)7-5-12/h4-8,11H,1-3H3,(H,17,19). The fourth-order valence-corrected chi connectivity index (χ4v) is 2.47. The van der Waals surface area contributed by atoms with Crippen molar-refractivity contribution in [2.24, 2.45) is 10.1 Å². The van der Waals surface area contributed by atoms with Gasteiger partial charge in [0.2, 0.25) is 5.96 Å². The van der Waals surface area contributed by atoms with Gasteiger partial charge in [0.15, 0.2) is 0 Å². The summed E-state index contributed by atoms with van der Waals surface area (Å²) in [6.45, 7) is 5.96. The maximum absolute atomic E-state index is 5.92. The highest BCUT2D eigenvalue weighted by atomic mass is 35.5. The molecule has 0 amide bonds. The van der Waals surface area contributed by atoms with Gasteiger partial charge in [0.25, 0.3) is 0 Å². The molecule has 2 aromatic rings. The molecule has 21 heavy (non-hydrogen) atoms. The summed E-state index contributed by atoms with van der Waals surface area (Å²) >= 11 is 5.92. The lowest BCUT2D eigenvalue weighted by molar-refractivity contribution is 0.768. The molecule has 1 unspecified atom stereocenters. The Bertz CT molecular complexity index is 727. The number of nitrogens with one attached hydrogen (secondary N) is 1. The van der Waals surface area contributed by atoms with Crippen LogP contribution in [0.4, 0.5) is 0 Å². The minimum atomic E-state index is -0.0497. The number of aliphatic imine (C=N–C) groups is 1. The maximum Gasteiger partial charge on any atom is 0.240 e. The van der Waals surface area contributed by atoms with Gasteiger partial charge in [-0.05, 0) is 39.0 Å². The van der Waals surface area contributed by atoms with Gasteiger partial charge in [-0.1, -0.05) is 23.7 Å². The first kappa shape index (κ1) is 13.8. The van der Waals surface area contributed by atoms with Crippen molar-refractivity contribution in [1.29, 1.82) is 0 Å². The number of aryl methyl sites for hydroxylation is 2. The van der Waals surface area contributed by atoms with Crippen LogP contribution < -0.4 is 5.43 Å². The molecule has 0 spiro atoms. The number of benzene rings is 1. The molecule has 1 aliphatic heterocycles. The minimum absolute atomic E-state index is 0.0497. The zero-order chi connectivity index (χ0) is 15.0. The zero-order valence-electron chi connectivity index (χ0n) is 12.1. The monoisotopic (exact) mass is 301 g/mol. The summed E-state index contributed by atoms with van der Waals surface area (Å²) < 4.78 is 1.77. The number of hydrogen-bond acceptors (Lipinski definition) is 4. The Morgan fingerprint density at radius 1 is 1.19 bits per heavy atom. The highest BCUT2D eigenvalue weighted by Crippen LogP contribution is 2.15. The van der Waals surface area contributed by atoms with Crippen LogP contribution in [0.2, 0.25) is 5.02 Å². The first-order valence-corrected chi connectivity index (χ1v) is 7.13. The SMILES string of the molecule is Cc1cc(C)n(C2=NC(C)C(c3ccc(Cl)cc3)=NN2)n1. The molecule has 0 radical (unpaired) electrons. The lowest BCUT2D eigenvalue weighted by Gasteiger charge is -2.19. The lowest BCUT2D eigenvalue weighted by Crippen LogP contribution is -2.37. The van der Waals surface area contributed by atoms with Crippen LogP contribution >= 0.6 is 11.6 Å². The summed E-state index contributed by atoms with van der Waals surface area (Å²) in [5.41, 5.74) is 6.86. The Morgan fingerprint density at radius 2 is 1.90 bits per heavy atom. The van der Waals surface area contributed by atoms with Gasteiger partial charge in [-0.3, -0.25) is 0 Å². The van der Waals surface area contributed by atoms with E-state index in [9.17, 15) is 0 Å². The molecule has 108 valence electrons. The first-order chi connectivity index (χ1) is 10.0. The summed E-state index contributed by atoms with van der Waals surface area (Å²) in [5.74, 6) is 0.644. The van der Waals surface area contributed by atoms with Crippen molar-refractivity contribution in [1.82, 2.24) is 15.2 Å². The van der Waals surface area contributed by atoms with Crippen LogP contribution in [0.3, 0.4) is 0 Å². The van der Waals surface area contributed by atoms with Crippen molar-refractivity contribution in [2.75, 3.05) is 0 Å². The number of nitrogens with zero attached hydrogens (tertiary/aromatic N) is 4. The predicted molar refractivity (Wildman–Crippen MR) is 85.1 cm³/mol. The summed E-state index contributed by atoms with van der Waals surface area (Å²) in [7, 11) is 0. The molecule has 0 saturated carbocycles. The molecule has 5 nitrogen and oxygen atoms in total. The molecule has 1 aromatic carbocycles. The average molecular weight is 302 g/mol. The first-order valence-electron chi connectivity index (χ1n) is 6.75. The molecule has 1 aliphatic rings. The molecular weight excluding hydrogens is 286 g/mol. The number of halogens is 1. The normalized spacial score (nSPS) is 18.0. The van der Waals surface area contributed by atoms with E-state index in [1.54, 1.807) is 4.68 Å². The quantitative estimate of drug-likeness (QED) is 0.880. The lowest BCUT2D eigenvalue weighted by atomic mass is 10.0. The topological polar surface area (TPSA) is 54.6 Å². The van der Waals surface area contributed by atoms with Gasteiger partial charge in [-0.2, -0.15) is 10.2 Å². The maximum atomic E-state index is 5.92. The van der Waals surface area contributed by atoms with Gasteiger partial charge in [0.1, 0.15) is 0 Å². The van der Waals surface area contributed by atoms with E-state index in [0.717, 1.165) is 22.7 Å². The number of hydrogen-bond donors (Lipinski definition) is 1. The summed E-state index contributed by atoms with van der Waals surface area (Å²) in [6, 6.07) is 9.56. The van der Waals surface area contributed by atoms with Crippen molar-refractivity contribution in [3.63, 3.8) is 0 Å². The zero-order valence-corrected chi connectivity index (χ0v) is 12.9. The fourth-order valence-electron chi connectivity index (χ4n) is 2.35. The third kappa shape index (κ3) is 2.69. The van der Waals surface area contributed by atoms with E-state index < -0.39 is 0 Å². The van der Waals surface area contributed by atoms with Gasteiger partial charge >= 0.3 is 0 Å². The molecule has 1 atom stereocenters. The molecule has 1 aromatic heterocycles. The van der Waals surface area contributed by atoms with E-state index in [0.29, 0.717) is 11.0 Å². The van der Waals surface area contributed by atoms with Gasteiger partial charge < -0.3 is 0 Å². The van der Waals surface area contributed by atoms with Gasteiger partial charge in [-0.25, -0.2) is 15.1 Å². The van der Waals surface area contributed by atoms with Crippen LogP contribution in [-0.4, -0.2) is 27.5 Å². The molecule has 1 N–H and O–H groups in total. The Labute approximate surface area is 128 Å². The second kappa shape index (κ2) is 5.33. The van der Waals surface area contributed by atoms with E-state index in [-0.39, 0.29) is 6.04 Å². The molecule has 0 fully saturated rings. The second-order valence-corrected chi connectivity index (χ2v) is 5.52. The highest BCUT2D eigenvalue weighted by Gasteiger charge is 2.20. The molecule has 0 saturated heterocycles. The van der Waals surface area contributed by atoms with Crippen LogP contribution in [0.15, 0.2) is 40.4 Å². The van der Waals surface area contributed by atoms with Crippen molar-refractivity contribution in [3.8, 4) is 0 Å². The molecule has 3 rings (SSSR count). The Balaban J connectivity index is 1.88. The highest BCUT2D eigenvalue weighted by molar-refractivity contribution is 6.30. The van der Waals surface area contributed by atoms with E-state index in [1.165, 1.54) is 0 Å². The Kier molecular flexibility index (Phi) is 3.51. The van der Waals surface area contributed by atoms with Crippen molar-refractivity contribution in [2.45, 2.75) is 26.8 Å². The molecule has 2 heterocycles. The third-order valence-electron chi connectivity index (χ3n) is 3.34. The van der Waals surface area contributed by atoms with E-state index in [1.807, 2.05) is 51.1 Å². The predicted octanol–water partition coefficient (Wildman–Crippen LogP) is 2.75. The van der Waals surface area contributed by atoms with Crippen LogP contribution in [-0.2, 0) is 0 Å². The van der Waals surface area contributed by atoms with Crippen molar-refractivity contribution >= 4 is 23.3 Å². The van der Waals surface area contributed by atoms with Crippen LogP contribution in [0.5, 0.6) is 0 Å². The van der Waals surface area contributed by atoms with Crippen LogP contribution in [0.1, 0.15) is 23.9 Å². The fraction of sp³-hybridized carbons (Fsp3) is 0.267. The van der Waals surface area contributed by atoms with Crippen molar-refractivity contribution < 1.29 is 0 Å². The van der Waals surface area contributed by atoms with Crippen LogP contribution in [0.25, 0.3) is 0 Å². The van der Waals surface area contributed by atoms with Crippen molar-refractivity contribution in [3.05, 3.63) is 52.3 Å². The Morgan fingerprint density at radius 3 is 2.48 bits per heavy atom. The summed E-state index contributed by atoms with van der Waals surface area (Å²) in [4.78, 5) is 4.65. The average Bonchev–Trinajstić information content (AvgIpc) is 2.79. The molecule has 0 aliphatic carbocycles. The molecule has 0 bridgehead atoms. The van der Waals surface area contributed by atoms with Gasteiger partial charge in [-0.15, -0.1) is 0 Å².